The van der Waals surface area contributed by atoms with Crippen LogP contribution < -0.4 is 0 Å². The smallest absolute Gasteiger partial charge is 0.105 e. The molecule has 126 valence electrons. The second-order valence-corrected chi connectivity index (χ2v) is 6.49. The minimum atomic E-state index is 0.125. The molecule has 0 bridgehead atoms. The summed E-state index contributed by atoms with van der Waals surface area (Å²) in [7, 11) is 0. The van der Waals surface area contributed by atoms with Gasteiger partial charge < -0.3 is 0 Å². The SMILES string of the molecule is ON(Cc1ccccc1)C(=S)CC(c1ccccc1)c1ccccc1. The fourth-order valence-electron chi connectivity index (χ4n) is 2.92. The molecule has 0 radical (unpaired) electrons. The van der Waals surface area contributed by atoms with Gasteiger partial charge in [-0.25, -0.2) is 5.06 Å². The molecule has 3 aromatic rings. The average Bonchev–Trinajstić information content (AvgIpc) is 2.68. The van der Waals surface area contributed by atoms with Gasteiger partial charge in [0.1, 0.15) is 4.99 Å². The van der Waals surface area contributed by atoms with Crippen LogP contribution in [0.4, 0.5) is 0 Å². The normalized spacial score (nSPS) is 10.6. The maximum Gasteiger partial charge on any atom is 0.105 e. The number of benzene rings is 3. The van der Waals surface area contributed by atoms with E-state index in [4.69, 9.17) is 12.2 Å². The standard InChI is InChI=1S/C22H21NOS/c24-23(17-18-10-4-1-5-11-18)22(25)16-21(19-12-6-2-7-13-19)20-14-8-3-9-15-20/h1-15,21,24H,16-17H2. The van der Waals surface area contributed by atoms with Gasteiger partial charge in [0.25, 0.3) is 0 Å². The monoisotopic (exact) mass is 347 g/mol. The molecule has 0 unspecified atom stereocenters. The zero-order valence-electron chi connectivity index (χ0n) is 14.0. The Balaban J connectivity index is 1.77. The second-order valence-electron chi connectivity index (χ2n) is 6.02. The molecule has 0 fully saturated rings. The van der Waals surface area contributed by atoms with Gasteiger partial charge in [0.15, 0.2) is 0 Å². The number of hydroxylamine groups is 2. The minimum Gasteiger partial charge on any atom is -0.288 e. The number of hydrogen-bond donors (Lipinski definition) is 1. The first-order chi connectivity index (χ1) is 12.2. The van der Waals surface area contributed by atoms with Crippen molar-refractivity contribution >= 4 is 17.2 Å². The summed E-state index contributed by atoms with van der Waals surface area (Å²) in [5.74, 6) is 0.125. The summed E-state index contributed by atoms with van der Waals surface area (Å²) in [6.07, 6.45) is 0.590. The molecule has 0 atom stereocenters. The molecule has 1 N–H and O–H groups in total. The van der Waals surface area contributed by atoms with Gasteiger partial charge in [-0.05, 0) is 16.7 Å². The van der Waals surface area contributed by atoms with E-state index in [2.05, 4.69) is 24.3 Å². The van der Waals surface area contributed by atoms with E-state index in [9.17, 15) is 5.21 Å². The van der Waals surface area contributed by atoms with Gasteiger partial charge in [0, 0.05) is 12.3 Å². The Morgan fingerprint density at radius 3 is 1.68 bits per heavy atom. The number of thiocarbonyl (C=S) groups is 1. The zero-order valence-corrected chi connectivity index (χ0v) is 14.8. The van der Waals surface area contributed by atoms with Crippen molar-refractivity contribution in [2.24, 2.45) is 0 Å². The van der Waals surface area contributed by atoms with E-state index >= 15 is 0 Å². The summed E-state index contributed by atoms with van der Waals surface area (Å²) < 4.78 is 0. The zero-order chi connectivity index (χ0) is 17.5. The van der Waals surface area contributed by atoms with E-state index in [1.54, 1.807) is 0 Å². The maximum atomic E-state index is 10.4. The van der Waals surface area contributed by atoms with Gasteiger partial charge in [-0.2, -0.15) is 0 Å². The molecule has 0 aromatic heterocycles. The van der Waals surface area contributed by atoms with Crippen LogP contribution in [0.25, 0.3) is 0 Å². The third-order valence-electron chi connectivity index (χ3n) is 4.25. The molecular formula is C22H21NOS. The summed E-state index contributed by atoms with van der Waals surface area (Å²) in [4.78, 5) is 0.543. The van der Waals surface area contributed by atoms with Crippen molar-refractivity contribution in [2.75, 3.05) is 0 Å². The molecule has 0 saturated heterocycles. The summed E-state index contributed by atoms with van der Waals surface area (Å²) in [5.41, 5.74) is 3.43. The molecule has 2 nitrogen and oxygen atoms in total. The lowest BCUT2D eigenvalue weighted by Gasteiger charge is -2.23. The van der Waals surface area contributed by atoms with Crippen LogP contribution in [0, 0.1) is 0 Å². The first kappa shape index (κ1) is 17.3. The molecule has 0 spiro atoms. The molecule has 0 saturated carbocycles. The van der Waals surface area contributed by atoms with E-state index in [0.717, 1.165) is 5.56 Å². The predicted octanol–water partition coefficient (Wildman–Crippen LogP) is 5.43. The van der Waals surface area contributed by atoms with Crippen LogP contribution in [0.1, 0.15) is 29.0 Å². The van der Waals surface area contributed by atoms with Gasteiger partial charge in [0.2, 0.25) is 0 Å². The highest BCUT2D eigenvalue weighted by molar-refractivity contribution is 7.80. The van der Waals surface area contributed by atoms with E-state index in [-0.39, 0.29) is 5.92 Å². The Hall–Kier alpha value is -2.49. The minimum absolute atomic E-state index is 0.125. The predicted molar refractivity (Wildman–Crippen MR) is 106 cm³/mol. The van der Waals surface area contributed by atoms with Crippen LogP contribution in [0.2, 0.25) is 0 Å². The lowest BCUT2D eigenvalue weighted by Crippen LogP contribution is -2.27. The van der Waals surface area contributed by atoms with Gasteiger partial charge in [0.05, 0.1) is 6.54 Å². The molecule has 3 heteroatoms. The number of rotatable bonds is 6. The Bertz CT molecular complexity index is 751. The highest BCUT2D eigenvalue weighted by atomic mass is 32.1. The first-order valence-corrected chi connectivity index (χ1v) is 8.78. The highest BCUT2D eigenvalue weighted by Gasteiger charge is 2.19. The topological polar surface area (TPSA) is 23.5 Å². The fraction of sp³-hybridized carbons (Fsp3) is 0.136. The van der Waals surface area contributed by atoms with Crippen LogP contribution >= 0.6 is 12.2 Å². The summed E-state index contributed by atoms with van der Waals surface area (Å²) in [5, 5.41) is 11.6. The Labute approximate surface area is 154 Å². The molecular weight excluding hydrogens is 326 g/mol. The summed E-state index contributed by atoms with van der Waals surface area (Å²) in [6.45, 7) is 0.399. The van der Waals surface area contributed by atoms with Crippen molar-refractivity contribution in [1.29, 1.82) is 0 Å². The van der Waals surface area contributed by atoms with Gasteiger partial charge in [-0.15, -0.1) is 0 Å². The maximum absolute atomic E-state index is 10.4. The molecule has 25 heavy (non-hydrogen) atoms. The van der Waals surface area contributed by atoms with Gasteiger partial charge in [-0.1, -0.05) is 103 Å². The lowest BCUT2D eigenvalue weighted by atomic mass is 9.88. The molecule has 0 amide bonds. The lowest BCUT2D eigenvalue weighted by molar-refractivity contribution is -0.0222. The van der Waals surface area contributed by atoms with E-state index in [1.807, 2.05) is 66.7 Å². The van der Waals surface area contributed by atoms with Crippen molar-refractivity contribution in [3.8, 4) is 0 Å². The third kappa shape index (κ3) is 4.75. The number of nitrogens with zero attached hydrogens (tertiary/aromatic N) is 1. The van der Waals surface area contributed by atoms with Crippen LogP contribution in [0.3, 0.4) is 0 Å². The summed E-state index contributed by atoms with van der Waals surface area (Å²) >= 11 is 5.53. The molecule has 0 aliphatic heterocycles. The van der Waals surface area contributed by atoms with Crippen molar-refractivity contribution in [3.05, 3.63) is 108 Å². The molecule has 0 heterocycles. The molecule has 3 rings (SSSR count). The van der Waals surface area contributed by atoms with Crippen molar-refractivity contribution < 1.29 is 5.21 Å². The van der Waals surface area contributed by atoms with E-state index in [1.165, 1.54) is 16.2 Å². The van der Waals surface area contributed by atoms with Crippen LogP contribution in [0.15, 0.2) is 91.0 Å². The van der Waals surface area contributed by atoms with Crippen LogP contribution in [-0.2, 0) is 6.54 Å². The first-order valence-electron chi connectivity index (χ1n) is 8.37. The Morgan fingerprint density at radius 2 is 1.20 bits per heavy atom. The average molecular weight is 347 g/mol. The Kier molecular flexibility index (Phi) is 5.94. The number of hydrogen-bond acceptors (Lipinski definition) is 2. The third-order valence-corrected chi connectivity index (χ3v) is 4.62. The fourth-order valence-corrected chi connectivity index (χ4v) is 3.15. The molecule has 0 aliphatic carbocycles. The Morgan fingerprint density at radius 1 is 0.760 bits per heavy atom. The molecule has 0 aliphatic rings. The molecule has 3 aromatic carbocycles. The second kappa shape index (κ2) is 8.56. The largest absolute Gasteiger partial charge is 0.288 e. The van der Waals surface area contributed by atoms with Gasteiger partial charge >= 0.3 is 0 Å². The van der Waals surface area contributed by atoms with Gasteiger partial charge in [-0.3, -0.25) is 5.21 Å². The van der Waals surface area contributed by atoms with Crippen molar-refractivity contribution in [3.63, 3.8) is 0 Å². The summed E-state index contributed by atoms with van der Waals surface area (Å²) in [6, 6.07) is 30.5. The quantitative estimate of drug-likeness (QED) is 0.475. The van der Waals surface area contributed by atoms with Crippen LogP contribution in [-0.4, -0.2) is 15.3 Å². The van der Waals surface area contributed by atoms with E-state index < -0.39 is 0 Å². The van der Waals surface area contributed by atoms with Crippen molar-refractivity contribution in [2.45, 2.75) is 18.9 Å². The van der Waals surface area contributed by atoms with Crippen molar-refractivity contribution in [1.82, 2.24) is 5.06 Å². The van der Waals surface area contributed by atoms with Crippen LogP contribution in [0.5, 0.6) is 0 Å². The van der Waals surface area contributed by atoms with E-state index in [0.29, 0.717) is 18.0 Å². The highest BCUT2D eigenvalue weighted by Crippen LogP contribution is 2.29.